The predicted octanol–water partition coefficient (Wildman–Crippen LogP) is 3.46. The molecule has 1 N–H and O–H groups in total. The largest absolute Gasteiger partial charge is 0.314 e. The first kappa shape index (κ1) is 13.0. The van der Waals surface area contributed by atoms with Crippen molar-refractivity contribution >= 4 is 22.9 Å². The molecule has 1 heterocycles. The maximum Gasteiger partial charge on any atom is 0.148 e. The molecule has 1 aliphatic carbocycles. The highest BCUT2D eigenvalue weighted by molar-refractivity contribution is 7.14. The average Bonchev–Trinajstić information content (AvgIpc) is 3.10. The van der Waals surface area contributed by atoms with Gasteiger partial charge in [0.2, 0.25) is 0 Å². The summed E-state index contributed by atoms with van der Waals surface area (Å²) in [5, 5.41) is 14.8. The molecule has 1 aromatic carbocycles. The first-order valence-electron chi connectivity index (χ1n) is 6.54. The van der Waals surface area contributed by atoms with Crippen LogP contribution >= 0.6 is 22.9 Å². The van der Waals surface area contributed by atoms with E-state index in [0.717, 1.165) is 39.6 Å². The van der Waals surface area contributed by atoms with Gasteiger partial charge in [0.1, 0.15) is 10.0 Å². The number of aromatic nitrogens is 2. The number of nitrogens with one attached hydrogen (secondary N) is 1. The molecule has 0 radical (unpaired) electrons. The first-order chi connectivity index (χ1) is 9.22. The zero-order valence-electron chi connectivity index (χ0n) is 10.8. The molecular formula is C14H16ClN3S. The Hall–Kier alpha value is -0.970. The van der Waals surface area contributed by atoms with E-state index in [1.165, 1.54) is 18.4 Å². The Morgan fingerprint density at radius 2 is 2.21 bits per heavy atom. The molecule has 3 nitrogen and oxygen atoms in total. The topological polar surface area (TPSA) is 37.8 Å². The molecule has 1 aromatic heterocycles. The molecule has 0 bridgehead atoms. The van der Waals surface area contributed by atoms with Gasteiger partial charge in [-0.15, -0.1) is 10.2 Å². The standard InChI is InChI=1S/C14H16ClN3S/c1-9-2-3-10(15)8-12(9)14-18-17-13(19-14)6-7-16-11-4-5-11/h2-3,8,11,16H,4-7H2,1H3. The van der Waals surface area contributed by atoms with Gasteiger partial charge in [-0.25, -0.2) is 0 Å². The van der Waals surface area contributed by atoms with E-state index in [9.17, 15) is 0 Å². The SMILES string of the molecule is Cc1ccc(Cl)cc1-c1nnc(CCNC2CC2)s1. The monoisotopic (exact) mass is 293 g/mol. The third-order valence-corrected chi connectivity index (χ3v) is 4.50. The predicted molar refractivity (Wildman–Crippen MR) is 79.8 cm³/mol. The van der Waals surface area contributed by atoms with Crippen LogP contribution in [0.5, 0.6) is 0 Å². The van der Waals surface area contributed by atoms with Crippen LogP contribution in [0.1, 0.15) is 23.4 Å². The van der Waals surface area contributed by atoms with Crippen LogP contribution in [0.4, 0.5) is 0 Å². The highest BCUT2D eigenvalue weighted by atomic mass is 35.5. The van der Waals surface area contributed by atoms with E-state index in [0.29, 0.717) is 0 Å². The van der Waals surface area contributed by atoms with E-state index in [-0.39, 0.29) is 0 Å². The van der Waals surface area contributed by atoms with Crippen molar-refractivity contribution in [2.75, 3.05) is 6.54 Å². The number of hydrogen-bond acceptors (Lipinski definition) is 4. The molecule has 19 heavy (non-hydrogen) atoms. The fraction of sp³-hybridized carbons (Fsp3) is 0.429. The van der Waals surface area contributed by atoms with Gasteiger partial charge in [0.05, 0.1) is 0 Å². The van der Waals surface area contributed by atoms with E-state index in [4.69, 9.17) is 11.6 Å². The fourth-order valence-corrected chi connectivity index (χ4v) is 3.05. The second kappa shape index (κ2) is 5.57. The summed E-state index contributed by atoms with van der Waals surface area (Å²) < 4.78 is 0. The molecule has 1 saturated carbocycles. The van der Waals surface area contributed by atoms with E-state index < -0.39 is 0 Å². The van der Waals surface area contributed by atoms with Gasteiger partial charge in [0.25, 0.3) is 0 Å². The van der Waals surface area contributed by atoms with Gasteiger partial charge in [-0.3, -0.25) is 0 Å². The van der Waals surface area contributed by atoms with Gasteiger partial charge >= 0.3 is 0 Å². The van der Waals surface area contributed by atoms with Crippen molar-refractivity contribution in [3.8, 4) is 10.6 Å². The van der Waals surface area contributed by atoms with E-state index >= 15 is 0 Å². The summed E-state index contributed by atoms with van der Waals surface area (Å²) in [7, 11) is 0. The summed E-state index contributed by atoms with van der Waals surface area (Å²) >= 11 is 7.71. The van der Waals surface area contributed by atoms with Gasteiger partial charge in [0.15, 0.2) is 0 Å². The number of halogens is 1. The fourth-order valence-electron chi connectivity index (χ4n) is 1.96. The highest BCUT2D eigenvalue weighted by Gasteiger charge is 2.20. The zero-order chi connectivity index (χ0) is 13.2. The molecule has 0 unspecified atom stereocenters. The summed E-state index contributed by atoms with van der Waals surface area (Å²) in [6.45, 7) is 3.06. The minimum absolute atomic E-state index is 0.743. The smallest absolute Gasteiger partial charge is 0.148 e. The third kappa shape index (κ3) is 3.32. The molecule has 0 atom stereocenters. The molecule has 0 spiro atoms. The maximum atomic E-state index is 6.05. The zero-order valence-corrected chi connectivity index (χ0v) is 12.4. The van der Waals surface area contributed by atoms with Crippen LogP contribution in [-0.4, -0.2) is 22.8 Å². The first-order valence-corrected chi connectivity index (χ1v) is 7.74. The maximum absolute atomic E-state index is 6.05. The van der Waals surface area contributed by atoms with Crippen molar-refractivity contribution in [1.29, 1.82) is 0 Å². The Bertz CT molecular complexity index is 578. The number of aryl methyl sites for hydroxylation is 1. The Kier molecular flexibility index (Phi) is 3.82. The Morgan fingerprint density at radius 1 is 1.37 bits per heavy atom. The third-order valence-electron chi connectivity index (χ3n) is 3.25. The lowest BCUT2D eigenvalue weighted by atomic mass is 10.1. The Labute approximate surface area is 122 Å². The molecule has 3 rings (SSSR count). The number of benzene rings is 1. The lowest BCUT2D eigenvalue weighted by molar-refractivity contribution is 0.677. The Morgan fingerprint density at radius 3 is 3.00 bits per heavy atom. The molecule has 100 valence electrons. The van der Waals surface area contributed by atoms with Gasteiger partial charge in [-0.2, -0.15) is 0 Å². The molecule has 0 saturated heterocycles. The van der Waals surface area contributed by atoms with E-state index in [1.54, 1.807) is 11.3 Å². The number of rotatable bonds is 5. The summed E-state index contributed by atoms with van der Waals surface area (Å²) in [5.74, 6) is 0. The molecule has 0 amide bonds. The molecule has 0 aliphatic heterocycles. The molecule has 1 fully saturated rings. The van der Waals surface area contributed by atoms with Gasteiger partial charge in [-0.05, 0) is 37.5 Å². The van der Waals surface area contributed by atoms with Crippen molar-refractivity contribution in [1.82, 2.24) is 15.5 Å². The minimum atomic E-state index is 0.743. The summed E-state index contributed by atoms with van der Waals surface area (Å²) in [6.07, 6.45) is 3.60. The number of nitrogens with zero attached hydrogens (tertiary/aromatic N) is 2. The molecule has 5 heteroatoms. The molecule has 2 aromatic rings. The van der Waals surface area contributed by atoms with Gasteiger partial charge < -0.3 is 5.32 Å². The summed E-state index contributed by atoms with van der Waals surface area (Å²) in [6, 6.07) is 6.64. The van der Waals surface area contributed by atoms with Crippen molar-refractivity contribution in [3.05, 3.63) is 33.8 Å². The lowest BCUT2D eigenvalue weighted by Gasteiger charge is -2.01. The molecule has 1 aliphatic rings. The minimum Gasteiger partial charge on any atom is -0.314 e. The Balaban J connectivity index is 1.70. The van der Waals surface area contributed by atoms with Gasteiger partial charge in [-0.1, -0.05) is 29.0 Å². The molecular weight excluding hydrogens is 278 g/mol. The summed E-state index contributed by atoms with van der Waals surface area (Å²) in [5.41, 5.74) is 2.27. The van der Waals surface area contributed by atoms with Crippen molar-refractivity contribution in [3.63, 3.8) is 0 Å². The van der Waals surface area contributed by atoms with Crippen LogP contribution < -0.4 is 5.32 Å². The normalized spacial score (nSPS) is 14.8. The van der Waals surface area contributed by atoms with Crippen LogP contribution in [0.25, 0.3) is 10.6 Å². The van der Waals surface area contributed by atoms with E-state index in [1.807, 2.05) is 18.2 Å². The van der Waals surface area contributed by atoms with Crippen molar-refractivity contribution < 1.29 is 0 Å². The van der Waals surface area contributed by atoms with Crippen LogP contribution in [0.3, 0.4) is 0 Å². The number of hydrogen-bond donors (Lipinski definition) is 1. The van der Waals surface area contributed by atoms with Crippen molar-refractivity contribution in [2.24, 2.45) is 0 Å². The quantitative estimate of drug-likeness (QED) is 0.917. The second-order valence-electron chi connectivity index (χ2n) is 4.94. The highest BCUT2D eigenvalue weighted by Crippen LogP contribution is 2.29. The average molecular weight is 294 g/mol. The van der Waals surface area contributed by atoms with Gasteiger partial charge in [0, 0.05) is 29.6 Å². The summed E-state index contributed by atoms with van der Waals surface area (Å²) in [4.78, 5) is 0. The van der Waals surface area contributed by atoms with Crippen LogP contribution in [0, 0.1) is 6.92 Å². The van der Waals surface area contributed by atoms with Crippen molar-refractivity contribution in [2.45, 2.75) is 32.2 Å². The lowest BCUT2D eigenvalue weighted by Crippen LogP contribution is -2.19. The van der Waals surface area contributed by atoms with E-state index in [2.05, 4.69) is 22.4 Å². The second-order valence-corrected chi connectivity index (χ2v) is 6.44. The van der Waals surface area contributed by atoms with Crippen LogP contribution in [0.2, 0.25) is 5.02 Å². The van der Waals surface area contributed by atoms with Crippen LogP contribution in [0.15, 0.2) is 18.2 Å². The van der Waals surface area contributed by atoms with Crippen LogP contribution in [-0.2, 0) is 6.42 Å².